The number of thioether (sulfide) groups is 1. The maximum atomic E-state index is 15.6. The van der Waals surface area contributed by atoms with Gasteiger partial charge in [0.1, 0.15) is 21.1 Å². The highest BCUT2D eigenvalue weighted by atomic mass is 32.2. The highest BCUT2D eigenvalue weighted by molar-refractivity contribution is 8.01. The first-order valence-corrected chi connectivity index (χ1v) is 10.8. The summed E-state index contributed by atoms with van der Waals surface area (Å²) in [5, 5.41) is 0. The molecule has 4 atom stereocenters. The quantitative estimate of drug-likeness (QED) is 0.338. The van der Waals surface area contributed by atoms with Crippen LogP contribution in [0.5, 0.6) is 0 Å². The van der Waals surface area contributed by atoms with Crippen molar-refractivity contribution in [3.63, 3.8) is 0 Å². The fourth-order valence-corrected chi connectivity index (χ4v) is 5.82. The second-order valence-corrected chi connectivity index (χ2v) is 9.38. The highest BCUT2D eigenvalue weighted by Gasteiger charge is 2.64. The van der Waals surface area contributed by atoms with Gasteiger partial charge in [-0.25, -0.2) is 52.7 Å². The molecule has 4 rings (SSSR count). The average molecular weight is 558 g/mol. The van der Waals surface area contributed by atoms with Crippen molar-refractivity contribution >= 4 is 11.8 Å². The van der Waals surface area contributed by atoms with E-state index in [0.717, 1.165) is 0 Å². The minimum atomic E-state index is -3.69. The Kier molecular flexibility index (Phi) is 6.80. The van der Waals surface area contributed by atoms with Crippen LogP contribution in [0.4, 0.5) is 52.7 Å². The van der Waals surface area contributed by atoms with Gasteiger partial charge in [-0.2, -0.15) is 0 Å². The van der Waals surface area contributed by atoms with E-state index in [9.17, 15) is 35.1 Å². The van der Waals surface area contributed by atoms with Crippen molar-refractivity contribution in [3.05, 3.63) is 118 Å². The molecule has 0 amide bonds. The van der Waals surface area contributed by atoms with Gasteiger partial charge in [0.2, 0.25) is 0 Å². The summed E-state index contributed by atoms with van der Waals surface area (Å²) in [6, 6.07) is 4.19. The predicted octanol–water partition coefficient (Wildman–Crippen LogP) is 9.09. The van der Waals surface area contributed by atoms with Gasteiger partial charge < -0.3 is 0 Å². The van der Waals surface area contributed by atoms with Gasteiger partial charge >= 0.3 is 0 Å². The molecule has 0 radical (unpaired) electrons. The molecule has 37 heavy (non-hydrogen) atoms. The molecule has 0 aromatic heterocycles. The Morgan fingerprint density at radius 2 is 0.757 bits per heavy atom. The van der Waals surface area contributed by atoms with Crippen LogP contribution < -0.4 is 0 Å². The van der Waals surface area contributed by atoms with Gasteiger partial charge in [-0.05, 0) is 35.4 Å². The molecule has 0 saturated heterocycles. The molecule has 2 aromatic rings. The van der Waals surface area contributed by atoms with Gasteiger partial charge in [0, 0.05) is 0 Å². The van der Waals surface area contributed by atoms with Crippen LogP contribution in [0.15, 0.2) is 95.1 Å². The summed E-state index contributed by atoms with van der Waals surface area (Å²) >= 11 is -0.817. The lowest BCUT2D eigenvalue weighted by Gasteiger charge is -2.46. The summed E-state index contributed by atoms with van der Waals surface area (Å²) in [7, 11) is 0. The average Bonchev–Trinajstić information content (AvgIpc) is 2.90. The number of halogens is 12. The minimum absolute atomic E-state index is 0.521. The number of hydrogen-bond donors (Lipinski definition) is 0. The van der Waals surface area contributed by atoms with Crippen LogP contribution in [0.25, 0.3) is 0 Å². The molecule has 2 aliphatic carbocycles. The van der Waals surface area contributed by atoms with Crippen LogP contribution in [-0.2, 0) is 9.49 Å². The molecule has 13 heteroatoms. The molecule has 0 bridgehead atoms. The Morgan fingerprint density at radius 3 is 1.05 bits per heavy atom. The molecule has 2 aromatic carbocycles. The van der Waals surface area contributed by atoms with Crippen molar-refractivity contribution in [1.82, 2.24) is 0 Å². The monoisotopic (exact) mass is 558 g/mol. The van der Waals surface area contributed by atoms with Crippen LogP contribution in [0, 0.1) is 11.6 Å². The normalized spacial score (nSPS) is 29.0. The Hall–Kier alpha value is -3.09. The van der Waals surface area contributed by atoms with Crippen LogP contribution in [0.3, 0.4) is 0 Å². The summed E-state index contributed by atoms with van der Waals surface area (Å²) in [6.07, 6.45) is -7.30. The molecule has 0 aliphatic heterocycles. The lowest BCUT2D eigenvalue weighted by molar-refractivity contribution is 0.210. The molecule has 2 aliphatic rings. The summed E-state index contributed by atoms with van der Waals surface area (Å²) in [5.74, 6) is -22.9. The van der Waals surface area contributed by atoms with Gasteiger partial charge in [0.25, 0.3) is 0 Å². The smallest absolute Gasteiger partial charge is 0.196 e. The number of benzene rings is 2. The van der Waals surface area contributed by atoms with E-state index in [4.69, 9.17) is 0 Å². The molecule has 0 fully saturated rings. The fraction of sp³-hybridized carbons (Fsp3) is 0.167. The Balaban J connectivity index is 2.12. The van der Waals surface area contributed by atoms with Crippen molar-refractivity contribution < 1.29 is 52.7 Å². The second kappa shape index (κ2) is 9.34. The first-order chi connectivity index (χ1) is 17.3. The van der Waals surface area contributed by atoms with E-state index in [1.54, 1.807) is 0 Å². The van der Waals surface area contributed by atoms with Crippen molar-refractivity contribution in [2.45, 2.75) is 21.8 Å². The molecule has 4 unspecified atom stereocenters. The molecule has 0 spiro atoms. The number of rotatable bonds is 4. The maximum Gasteiger partial charge on any atom is 0.196 e. The minimum Gasteiger partial charge on any atom is -0.237 e. The number of allylic oxidation sites excluding steroid dienone is 6. The molecule has 196 valence electrons. The van der Waals surface area contributed by atoms with Crippen LogP contribution in [-0.4, -0.2) is 12.3 Å². The zero-order valence-electron chi connectivity index (χ0n) is 17.7. The van der Waals surface area contributed by atoms with E-state index in [1.807, 2.05) is 0 Å². The Morgan fingerprint density at radius 1 is 0.459 bits per heavy atom. The van der Waals surface area contributed by atoms with Gasteiger partial charge in [-0.1, -0.05) is 24.3 Å². The van der Waals surface area contributed by atoms with E-state index in [1.165, 1.54) is 0 Å². The summed E-state index contributed by atoms with van der Waals surface area (Å²) < 4.78 is 168. The zero-order chi connectivity index (χ0) is 27.4. The van der Waals surface area contributed by atoms with Crippen molar-refractivity contribution in [3.8, 4) is 0 Å². The van der Waals surface area contributed by atoms with Gasteiger partial charge in [-0.3, -0.25) is 0 Å². The SMILES string of the molecule is FC1=C(F)C(F)C(SC2(c3ccc(F)cc3)C(F)=C(F)C(F)=C(F)C2F)(c2ccc(F)cc2)C(F)=C1F. The molecule has 0 nitrogen and oxygen atoms in total. The van der Waals surface area contributed by atoms with E-state index < -0.39 is 103 Å². The van der Waals surface area contributed by atoms with Crippen LogP contribution in [0.2, 0.25) is 0 Å². The fourth-order valence-electron chi connectivity index (χ4n) is 4.04. The third kappa shape index (κ3) is 3.80. The van der Waals surface area contributed by atoms with Gasteiger partial charge in [-0.15, -0.1) is 11.8 Å². The Bertz CT molecular complexity index is 1270. The third-order valence-electron chi connectivity index (χ3n) is 5.87. The molecular weight excluding hydrogens is 548 g/mol. The summed E-state index contributed by atoms with van der Waals surface area (Å²) in [5.41, 5.74) is -1.92. The molecular formula is C24H10F12S. The van der Waals surface area contributed by atoms with E-state index >= 15 is 17.6 Å². The largest absolute Gasteiger partial charge is 0.237 e. The first-order valence-electron chi connectivity index (χ1n) is 10.0. The van der Waals surface area contributed by atoms with Crippen LogP contribution in [0.1, 0.15) is 11.1 Å². The van der Waals surface area contributed by atoms with Crippen molar-refractivity contribution in [2.75, 3.05) is 0 Å². The van der Waals surface area contributed by atoms with Crippen molar-refractivity contribution in [2.24, 2.45) is 0 Å². The summed E-state index contributed by atoms with van der Waals surface area (Å²) in [4.78, 5) is 0. The maximum absolute atomic E-state index is 15.6. The van der Waals surface area contributed by atoms with E-state index in [2.05, 4.69) is 0 Å². The topological polar surface area (TPSA) is 0 Å². The van der Waals surface area contributed by atoms with Crippen LogP contribution >= 0.6 is 11.8 Å². The second-order valence-electron chi connectivity index (χ2n) is 7.89. The van der Waals surface area contributed by atoms with Gasteiger partial charge in [0.05, 0.1) is 0 Å². The number of hydrogen-bond acceptors (Lipinski definition) is 1. The standard InChI is InChI=1S/C24H10F12S/c25-11-5-1-9(2-6-11)23(19(33)15(29)13(27)16(30)20(23)34)37-24(10-3-7-12(26)8-4-10)21(35)17(31)14(28)18(32)22(24)36/h1-8,19,21H. The lowest BCUT2D eigenvalue weighted by Crippen LogP contribution is -2.47. The Labute approximate surface area is 204 Å². The summed E-state index contributed by atoms with van der Waals surface area (Å²) in [6.45, 7) is 0. The van der Waals surface area contributed by atoms with E-state index in [0.29, 0.717) is 48.5 Å². The van der Waals surface area contributed by atoms with Crippen molar-refractivity contribution in [1.29, 1.82) is 0 Å². The molecule has 0 heterocycles. The van der Waals surface area contributed by atoms with E-state index in [-0.39, 0.29) is 0 Å². The number of alkyl halides is 2. The zero-order valence-corrected chi connectivity index (χ0v) is 18.5. The molecule has 0 saturated carbocycles. The predicted molar refractivity (Wildman–Crippen MR) is 111 cm³/mol. The lowest BCUT2D eigenvalue weighted by atomic mass is 9.86. The third-order valence-corrected chi connectivity index (χ3v) is 7.76. The molecule has 0 N–H and O–H groups in total. The highest BCUT2D eigenvalue weighted by Crippen LogP contribution is 2.66. The first kappa shape index (κ1) is 27.0. The van der Waals surface area contributed by atoms with Gasteiger partial charge in [0.15, 0.2) is 59.0 Å².